The number of nitrogens with one attached hydrogen (secondary N) is 1. The van der Waals surface area contributed by atoms with Crippen LogP contribution in [0, 0.1) is 0 Å². The monoisotopic (exact) mass is 580 g/mol. The van der Waals surface area contributed by atoms with E-state index in [-0.39, 0.29) is 28.3 Å². The maximum atomic E-state index is 13.9. The molecule has 0 spiro atoms. The number of amides is 1. The molecule has 7 nitrogen and oxygen atoms in total. The molecule has 0 radical (unpaired) electrons. The first-order chi connectivity index (χ1) is 18.3. The minimum absolute atomic E-state index is 0.0226. The fraction of sp³-hybridized carbons (Fsp3) is 0.296. The van der Waals surface area contributed by atoms with Gasteiger partial charge in [-0.15, -0.1) is 0 Å². The molecule has 1 heterocycles. The van der Waals surface area contributed by atoms with Crippen molar-refractivity contribution in [1.82, 2.24) is 9.80 Å². The highest BCUT2D eigenvalue weighted by molar-refractivity contribution is 7.92. The van der Waals surface area contributed by atoms with E-state index in [0.29, 0.717) is 23.8 Å². The van der Waals surface area contributed by atoms with Gasteiger partial charge in [-0.1, -0.05) is 29.8 Å². The molecular weight excluding hydrogens is 553 g/mol. The standard InChI is InChI=1S/C27H28ClF3N4O3S/c1-33-11-13-35(14-12-33)18-20-9-10-22(17-25(20)27(29,30)31)32-26(36)19-5-3-8-24(15-19)39(37,38)34(2)23-7-4-6-21(28)16-23/h3-10,15-17H,11-14,18H2,1-2H3,(H,32,36). The third-order valence-corrected chi connectivity index (χ3v) is 8.61. The number of halogens is 4. The van der Waals surface area contributed by atoms with Crippen LogP contribution in [0.1, 0.15) is 21.5 Å². The van der Waals surface area contributed by atoms with Crippen LogP contribution >= 0.6 is 11.6 Å². The van der Waals surface area contributed by atoms with Gasteiger partial charge >= 0.3 is 6.18 Å². The lowest BCUT2D eigenvalue weighted by atomic mass is 10.0. The molecule has 0 bridgehead atoms. The first-order valence-electron chi connectivity index (χ1n) is 12.1. The number of sulfonamides is 1. The van der Waals surface area contributed by atoms with Gasteiger partial charge in [-0.3, -0.25) is 14.0 Å². The normalized spacial score (nSPS) is 15.2. The number of carbonyl (C=O) groups excluding carboxylic acids is 1. The van der Waals surface area contributed by atoms with E-state index in [1.54, 1.807) is 18.2 Å². The lowest BCUT2D eigenvalue weighted by molar-refractivity contribution is -0.138. The van der Waals surface area contributed by atoms with E-state index < -0.39 is 27.7 Å². The Bertz CT molecular complexity index is 1460. The molecule has 208 valence electrons. The largest absolute Gasteiger partial charge is 0.416 e. The third-order valence-electron chi connectivity index (χ3n) is 6.59. The molecule has 39 heavy (non-hydrogen) atoms. The zero-order valence-electron chi connectivity index (χ0n) is 21.4. The van der Waals surface area contributed by atoms with Crippen LogP contribution in [0.4, 0.5) is 24.5 Å². The van der Waals surface area contributed by atoms with Crippen molar-refractivity contribution in [2.24, 2.45) is 0 Å². The number of likely N-dealkylation sites (N-methyl/N-ethyl adjacent to an activating group) is 1. The van der Waals surface area contributed by atoms with Crippen molar-refractivity contribution in [2.75, 3.05) is 49.9 Å². The van der Waals surface area contributed by atoms with Gasteiger partial charge in [0.15, 0.2) is 0 Å². The van der Waals surface area contributed by atoms with Crippen LogP contribution in [0.25, 0.3) is 0 Å². The van der Waals surface area contributed by atoms with Crippen LogP contribution < -0.4 is 9.62 Å². The van der Waals surface area contributed by atoms with Gasteiger partial charge in [0.1, 0.15) is 0 Å². The Morgan fingerprint density at radius 2 is 1.69 bits per heavy atom. The SMILES string of the molecule is CN1CCN(Cc2ccc(NC(=O)c3cccc(S(=O)(=O)N(C)c4cccc(Cl)c4)c3)cc2C(F)(F)F)CC1. The molecule has 1 amide bonds. The predicted octanol–water partition coefficient (Wildman–Crippen LogP) is 5.18. The van der Waals surface area contributed by atoms with Crippen molar-refractivity contribution >= 4 is 38.9 Å². The summed E-state index contributed by atoms with van der Waals surface area (Å²) >= 11 is 5.98. The highest BCUT2D eigenvalue weighted by Crippen LogP contribution is 2.35. The maximum Gasteiger partial charge on any atom is 0.416 e. The van der Waals surface area contributed by atoms with Gasteiger partial charge in [-0.05, 0) is 61.1 Å². The maximum absolute atomic E-state index is 13.9. The molecule has 0 saturated carbocycles. The molecule has 3 aromatic carbocycles. The smallest absolute Gasteiger partial charge is 0.322 e. The predicted molar refractivity (Wildman–Crippen MR) is 146 cm³/mol. The van der Waals surface area contributed by atoms with E-state index in [1.807, 2.05) is 11.9 Å². The van der Waals surface area contributed by atoms with Gasteiger partial charge in [0.05, 0.1) is 16.1 Å². The molecule has 0 aromatic heterocycles. The van der Waals surface area contributed by atoms with E-state index in [0.717, 1.165) is 23.5 Å². The van der Waals surface area contributed by atoms with E-state index in [1.165, 1.54) is 49.5 Å². The number of piperazine rings is 1. The van der Waals surface area contributed by atoms with Gasteiger partial charge in [-0.25, -0.2) is 8.42 Å². The first kappa shape index (κ1) is 28.9. The number of alkyl halides is 3. The topological polar surface area (TPSA) is 73.0 Å². The average Bonchev–Trinajstić information content (AvgIpc) is 2.89. The summed E-state index contributed by atoms with van der Waals surface area (Å²) in [5.41, 5.74) is -0.431. The molecule has 12 heteroatoms. The number of carbonyl (C=O) groups is 1. The Morgan fingerprint density at radius 1 is 1.00 bits per heavy atom. The fourth-order valence-electron chi connectivity index (χ4n) is 4.27. The van der Waals surface area contributed by atoms with E-state index >= 15 is 0 Å². The minimum atomic E-state index is -4.61. The van der Waals surface area contributed by atoms with E-state index in [9.17, 15) is 26.4 Å². The summed E-state index contributed by atoms with van der Waals surface area (Å²) in [4.78, 5) is 16.9. The summed E-state index contributed by atoms with van der Waals surface area (Å²) in [5, 5.41) is 2.83. The quantitative estimate of drug-likeness (QED) is 0.417. The molecule has 4 rings (SSSR count). The van der Waals surface area contributed by atoms with Crippen molar-refractivity contribution < 1.29 is 26.4 Å². The summed E-state index contributed by atoms with van der Waals surface area (Å²) in [6, 6.07) is 15.3. The molecule has 1 N–H and O–H groups in total. The number of rotatable bonds is 7. The Balaban J connectivity index is 1.54. The van der Waals surface area contributed by atoms with Crippen molar-refractivity contribution in [3.63, 3.8) is 0 Å². The van der Waals surface area contributed by atoms with Gasteiger partial charge in [0.2, 0.25) is 0 Å². The molecule has 3 aromatic rings. The molecule has 1 saturated heterocycles. The van der Waals surface area contributed by atoms with Crippen LogP contribution in [-0.2, 0) is 22.7 Å². The van der Waals surface area contributed by atoms with Crippen LogP contribution in [0.15, 0.2) is 71.6 Å². The van der Waals surface area contributed by atoms with Crippen LogP contribution in [0.2, 0.25) is 5.02 Å². The average molecular weight is 581 g/mol. The minimum Gasteiger partial charge on any atom is -0.322 e. The summed E-state index contributed by atoms with van der Waals surface area (Å²) in [6.07, 6.45) is -4.61. The first-order valence-corrected chi connectivity index (χ1v) is 13.9. The zero-order chi connectivity index (χ0) is 28.4. The third kappa shape index (κ3) is 6.91. The molecule has 0 atom stereocenters. The number of anilines is 2. The highest BCUT2D eigenvalue weighted by Gasteiger charge is 2.34. The van der Waals surface area contributed by atoms with Gasteiger partial charge in [0.25, 0.3) is 15.9 Å². The van der Waals surface area contributed by atoms with Crippen LogP contribution in [0.5, 0.6) is 0 Å². The number of hydrogen-bond acceptors (Lipinski definition) is 5. The molecular formula is C27H28ClF3N4O3S. The van der Waals surface area contributed by atoms with Gasteiger partial charge in [0, 0.05) is 56.0 Å². The second kappa shape index (κ2) is 11.5. The summed E-state index contributed by atoms with van der Waals surface area (Å²) in [7, 11) is -0.721. The van der Waals surface area contributed by atoms with E-state index in [2.05, 4.69) is 10.2 Å². The Hall–Kier alpha value is -3.12. The molecule has 0 unspecified atom stereocenters. The second-order valence-electron chi connectivity index (χ2n) is 9.38. The van der Waals surface area contributed by atoms with Crippen molar-refractivity contribution in [1.29, 1.82) is 0 Å². The fourth-order valence-corrected chi connectivity index (χ4v) is 5.69. The Labute approximate surface area is 230 Å². The van der Waals surface area contributed by atoms with Crippen LogP contribution in [0.3, 0.4) is 0 Å². The summed E-state index contributed by atoms with van der Waals surface area (Å²) in [6.45, 7) is 3.03. The van der Waals surface area contributed by atoms with Crippen molar-refractivity contribution in [3.8, 4) is 0 Å². The zero-order valence-corrected chi connectivity index (χ0v) is 22.9. The van der Waals surface area contributed by atoms with Crippen molar-refractivity contribution in [3.05, 3.63) is 88.4 Å². The lowest BCUT2D eigenvalue weighted by Gasteiger charge is -2.33. The highest BCUT2D eigenvalue weighted by atomic mass is 35.5. The molecule has 1 aliphatic heterocycles. The Kier molecular flexibility index (Phi) is 8.55. The van der Waals surface area contributed by atoms with Gasteiger partial charge in [-0.2, -0.15) is 13.2 Å². The van der Waals surface area contributed by atoms with Crippen molar-refractivity contribution in [2.45, 2.75) is 17.6 Å². The number of hydrogen-bond donors (Lipinski definition) is 1. The molecule has 0 aliphatic carbocycles. The summed E-state index contributed by atoms with van der Waals surface area (Å²) in [5.74, 6) is -0.739. The second-order valence-corrected chi connectivity index (χ2v) is 11.8. The number of nitrogens with zero attached hydrogens (tertiary/aromatic N) is 3. The van der Waals surface area contributed by atoms with Crippen LogP contribution in [-0.4, -0.2) is 64.4 Å². The summed E-state index contributed by atoms with van der Waals surface area (Å²) < 4.78 is 69.1. The Morgan fingerprint density at radius 3 is 2.36 bits per heavy atom. The number of benzene rings is 3. The lowest BCUT2D eigenvalue weighted by Crippen LogP contribution is -2.44. The van der Waals surface area contributed by atoms with E-state index in [4.69, 9.17) is 11.6 Å². The molecule has 1 fully saturated rings. The molecule has 1 aliphatic rings. The van der Waals surface area contributed by atoms with Gasteiger partial charge < -0.3 is 10.2 Å².